The highest BCUT2D eigenvalue weighted by molar-refractivity contribution is 5.51. The number of aromatic nitrogens is 4. The van der Waals surface area contributed by atoms with E-state index in [1.807, 2.05) is 13.0 Å². The Morgan fingerprint density at radius 1 is 1.24 bits per heavy atom. The van der Waals surface area contributed by atoms with E-state index in [4.69, 9.17) is 0 Å². The lowest BCUT2D eigenvalue weighted by molar-refractivity contribution is 0.255. The summed E-state index contributed by atoms with van der Waals surface area (Å²) in [5.74, 6) is 1.59. The number of nitrogens with zero attached hydrogens (tertiary/aromatic N) is 5. The summed E-state index contributed by atoms with van der Waals surface area (Å²) >= 11 is 0. The van der Waals surface area contributed by atoms with E-state index in [0.29, 0.717) is 6.04 Å². The van der Waals surface area contributed by atoms with Gasteiger partial charge in [-0.3, -0.25) is 0 Å². The van der Waals surface area contributed by atoms with Crippen molar-refractivity contribution in [3.05, 3.63) is 30.1 Å². The average molecular weight is 284 g/mol. The van der Waals surface area contributed by atoms with Crippen molar-refractivity contribution in [1.82, 2.24) is 25.1 Å². The van der Waals surface area contributed by atoms with Crippen LogP contribution >= 0.6 is 0 Å². The molecule has 0 spiro atoms. The lowest BCUT2D eigenvalue weighted by atomic mass is 9.94. The van der Waals surface area contributed by atoms with Crippen LogP contribution in [0.2, 0.25) is 0 Å². The molecule has 2 fully saturated rings. The fourth-order valence-corrected chi connectivity index (χ4v) is 3.55. The Hall–Kier alpha value is -1.95. The zero-order chi connectivity index (χ0) is 14.2. The third kappa shape index (κ3) is 2.40. The van der Waals surface area contributed by atoms with Crippen LogP contribution in [0.25, 0.3) is 5.69 Å². The Balaban J connectivity index is 1.54. The summed E-state index contributed by atoms with van der Waals surface area (Å²) in [6, 6.07) is 8.94. The molecule has 2 aliphatic heterocycles. The molecule has 0 amide bonds. The molecule has 0 saturated carbocycles. The first-order valence-corrected chi connectivity index (χ1v) is 7.64. The molecule has 0 radical (unpaired) electrons. The van der Waals surface area contributed by atoms with Crippen LogP contribution in [0, 0.1) is 12.8 Å². The molecule has 6 nitrogen and oxygen atoms in total. The van der Waals surface area contributed by atoms with Crippen LogP contribution in [0.3, 0.4) is 0 Å². The number of rotatable bonds is 3. The van der Waals surface area contributed by atoms with Crippen LogP contribution in [-0.4, -0.2) is 50.8 Å². The summed E-state index contributed by atoms with van der Waals surface area (Å²) in [6.07, 6.45) is 2.56. The van der Waals surface area contributed by atoms with Crippen molar-refractivity contribution in [1.29, 1.82) is 0 Å². The normalized spacial score (nSPS) is 27.8. The molecule has 1 aromatic carbocycles. The molecule has 110 valence electrons. The number of tetrazole rings is 1. The zero-order valence-corrected chi connectivity index (χ0v) is 12.2. The van der Waals surface area contributed by atoms with Gasteiger partial charge >= 0.3 is 0 Å². The first-order chi connectivity index (χ1) is 10.3. The predicted molar refractivity (Wildman–Crippen MR) is 80.5 cm³/mol. The van der Waals surface area contributed by atoms with Gasteiger partial charge in [0.05, 0.1) is 5.69 Å². The van der Waals surface area contributed by atoms with Crippen molar-refractivity contribution in [3.8, 4) is 5.69 Å². The molecular weight excluding hydrogens is 264 g/mol. The Morgan fingerprint density at radius 2 is 2.14 bits per heavy atom. The van der Waals surface area contributed by atoms with Gasteiger partial charge in [-0.05, 0) is 60.9 Å². The maximum Gasteiger partial charge on any atom is 0.153 e. The molecule has 6 heteroatoms. The summed E-state index contributed by atoms with van der Waals surface area (Å²) in [6.45, 7) is 5.66. The predicted octanol–water partition coefficient (Wildman–Crippen LogP) is 1.48. The van der Waals surface area contributed by atoms with Gasteiger partial charge in [0.2, 0.25) is 0 Å². The average Bonchev–Trinajstić information content (AvgIpc) is 3.09. The minimum absolute atomic E-state index is 0.592. The number of anilines is 1. The first-order valence-electron chi connectivity index (χ1n) is 7.64. The van der Waals surface area contributed by atoms with Crippen molar-refractivity contribution in [2.75, 3.05) is 25.0 Å². The van der Waals surface area contributed by atoms with Gasteiger partial charge in [0.1, 0.15) is 0 Å². The maximum atomic E-state index is 4.03. The van der Waals surface area contributed by atoms with Crippen molar-refractivity contribution in [2.45, 2.75) is 25.8 Å². The molecule has 3 unspecified atom stereocenters. The van der Waals surface area contributed by atoms with Gasteiger partial charge in [-0.15, -0.1) is 5.10 Å². The molecule has 4 rings (SSSR count). The number of hydrogen-bond donors (Lipinski definition) is 1. The lowest BCUT2D eigenvalue weighted by Gasteiger charge is -2.31. The molecule has 2 saturated heterocycles. The van der Waals surface area contributed by atoms with E-state index in [1.54, 1.807) is 4.68 Å². The fourth-order valence-electron chi connectivity index (χ4n) is 3.55. The monoisotopic (exact) mass is 284 g/mol. The van der Waals surface area contributed by atoms with Crippen LogP contribution in [-0.2, 0) is 0 Å². The van der Waals surface area contributed by atoms with Crippen LogP contribution < -0.4 is 5.32 Å². The molecule has 3 atom stereocenters. The number of piperidine rings is 1. The smallest absolute Gasteiger partial charge is 0.153 e. The summed E-state index contributed by atoms with van der Waals surface area (Å²) in [5, 5.41) is 15.4. The highest BCUT2D eigenvalue weighted by Gasteiger charge is 2.34. The highest BCUT2D eigenvalue weighted by atomic mass is 15.5. The first kappa shape index (κ1) is 12.8. The van der Waals surface area contributed by atoms with E-state index >= 15 is 0 Å². The van der Waals surface area contributed by atoms with Crippen LogP contribution in [0.1, 0.15) is 18.7 Å². The summed E-state index contributed by atoms with van der Waals surface area (Å²) < 4.78 is 1.77. The zero-order valence-electron chi connectivity index (χ0n) is 12.2. The van der Waals surface area contributed by atoms with E-state index in [1.165, 1.54) is 32.5 Å². The molecule has 1 aromatic heterocycles. The number of fused-ring (bicyclic) bond motifs is 2. The molecule has 2 bridgehead atoms. The third-order valence-electron chi connectivity index (χ3n) is 4.70. The Bertz CT molecular complexity index is 637. The van der Waals surface area contributed by atoms with Gasteiger partial charge in [0.15, 0.2) is 5.82 Å². The van der Waals surface area contributed by atoms with Gasteiger partial charge in [0, 0.05) is 24.8 Å². The molecular formula is C15H20N6. The molecule has 0 aliphatic carbocycles. The topological polar surface area (TPSA) is 58.9 Å². The van der Waals surface area contributed by atoms with Gasteiger partial charge in [-0.1, -0.05) is 6.07 Å². The number of hydrogen-bond acceptors (Lipinski definition) is 5. The van der Waals surface area contributed by atoms with Crippen LogP contribution in [0.5, 0.6) is 0 Å². The summed E-state index contributed by atoms with van der Waals surface area (Å²) in [5.41, 5.74) is 2.17. The van der Waals surface area contributed by atoms with Gasteiger partial charge in [-0.2, -0.15) is 4.68 Å². The Kier molecular flexibility index (Phi) is 3.11. The van der Waals surface area contributed by atoms with Crippen molar-refractivity contribution >= 4 is 5.69 Å². The molecule has 2 aliphatic rings. The van der Waals surface area contributed by atoms with E-state index in [0.717, 1.165) is 23.1 Å². The standard InChI is InChI=1S/C15H20N6/c1-11-17-18-19-21(11)14-4-2-3-13(9-14)16-15-6-8-20-7-5-12(15)10-20/h2-4,9,12,15-16H,5-8,10H2,1H3. The van der Waals surface area contributed by atoms with E-state index in [2.05, 4.69) is 43.9 Å². The van der Waals surface area contributed by atoms with E-state index < -0.39 is 0 Å². The fraction of sp³-hybridized carbons (Fsp3) is 0.533. The van der Waals surface area contributed by atoms with E-state index in [9.17, 15) is 0 Å². The van der Waals surface area contributed by atoms with Crippen molar-refractivity contribution in [3.63, 3.8) is 0 Å². The van der Waals surface area contributed by atoms with Crippen LogP contribution in [0.4, 0.5) is 5.69 Å². The third-order valence-corrected chi connectivity index (χ3v) is 4.70. The lowest BCUT2D eigenvalue weighted by Crippen LogP contribution is -2.39. The minimum atomic E-state index is 0.592. The number of nitrogens with one attached hydrogen (secondary N) is 1. The second kappa shape index (κ2) is 5.11. The molecule has 21 heavy (non-hydrogen) atoms. The Morgan fingerprint density at radius 3 is 3.00 bits per heavy atom. The maximum absolute atomic E-state index is 4.03. The summed E-state index contributed by atoms with van der Waals surface area (Å²) in [4.78, 5) is 2.57. The highest BCUT2D eigenvalue weighted by Crippen LogP contribution is 2.29. The summed E-state index contributed by atoms with van der Waals surface area (Å²) in [7, 11) is 0. The van der Waals surface area contributed by atoms with Gasteiger partial charge in [-0.25, -0.2) is 0 Å². The van der Waals surface area contributed by atoms with Crippen molar-refractivity contribution in [2.24, 2.45) is 5.92 Å². The number of benzene rings is 1. The Labute approximate surface area is 124 Å². The molecule has 3 heterocycles. The number of aryl methyl sites for hydroxylation is 1. The second-order valence-corrected chi connectivity index (χ2v) is 6.08. The van der Waals surface area contributed by atoms with Crippen molar-refractivity contribution < 1.29 is 0 Å². The SMILES string of the molecule is Cc1nnnn1-c1cccc(NC2CCN3CCC2C3)c1. The molecule has 1 N–H and O–H groups in total. The quantitative estimate of drug-likeness (QED) is 0.925. The second-order valence-electron chi connectivity index (χ2n) is 6.08. The minimum Gasteiger partial charge on any atom is -0.382 e. The van der Waals surface area contributed by atoms with Crippen LogP contribution in [0.15, 0.2) is 24.3 Å². The van der Waals surface area contributed by atoms with Gasteiger partial charge < -0.3 is 10.2 Å². The molecule has 2 aromatic rings. The van der Waals surface area contributed by atoms with Gasteiger partial charge in [0.25, 0.3) is 0 Å². The largest absolute Gasteiger partial charge is 0.382 e. The van der Waals surface area contributed by atoms with E-state index in [-0.39, 0.29) is 0 Å².